The normalized spacial score (nSPS) is 14.8. The topological polar surface area (TPSA) is 102 Å². The van der Waals surface area contributed by atoms with E-state index in [-0.39, 0.29) is 17.4 Å². The molecule has 0 bridgehead atoms. The molecule has 0 saturated heterocycles. The number of fused-ring (bicyclic) bond motifs is 2. The first-order valence-corrected chi connectivity index (χ1v) is 12.4. The number of urea groups is 1. The van der Waals surface area contributed by atoms with Gasteiger partial charge < -0.3 is 25.4 Å². The van der Waals surface area contributed by atoms with Gasteiger partial charge in [-0.15, -0.1) is 0 Å². The molecule has 0 fully saturated rings. The van der Waals surface area contributed by atoms with Crippen LogP contribution in [0, 0.1) is 0 Å². The van der Waals surface area contributed by atoms with Crippen LogP contribution in [0.5, 0.6) is 11.6 Å². The van der Waals surface area contributed by atoms with Gasteiger partial charge in [-0.1, -0.05) is 57.2 Å². The summed E-state index contributed by atoms with van der Waals surface area (Å²) in [6, 6.07) is 18.9. The quantitative estimate of drug-likeness (QED) is 0.288. The van der Waals surface area contributed by atoms with Crippen molar-refractivity contribution in [3.8, 4) is 22.8 Å². The average molecular weight is 511 g/mol. The lowest BCUT2D eigenvalue weighted by molar-refractivity contribution is -0.122. The highest BCUT2D eigenvalue weighted by atomic mass is 16.5. The highest BCUT2D eigenvalue weighted by Crippen LogP contribution is 2.37. The third kappa shape index (κ3) is 4.85. The highest BCUT2D eigenvalue weighted by molar-refractivity contribution is 6.10. The molecule has 5 rings (SSSR count). The van der Waals surface area contributed by atoms with Gasteiger partial charge in [0.1, 0.15) is 11.4 Å². The van der Waals surface area contributed by atoms with Crippen LogP contribution in [0.3, 0.4) is 0 Å². The second-order valence-electron chi connectivity index (χ2n) is 10.3. The predicted octanol–water partition coefficient (Wildman–Crippen LogP) is 6.57. The number of nitrogens with one attached hydrogen (secondary N) is 3. The molecular weight excluding hydrogens is 480 g/mol. The number of hydrogen-bond donors (Lipinski definition) is 3. The first kappa shape index (κ1) is 25.1. The summed E-state index contributed by atoms with van der Waals surface area (Å²) < 4.78 is 11.1. The Labute approximate surface area is 221 Å². The van der Waals surface area contributed by atoms with E-state index < -0.39 is 6.10 Å². The number of aromatic nitrogens is 1. The molecule has 3 N–H and O–H groups in total. The summed E-state index contributed by atoms with van der Waals surface area (Å²) in [5.41, 5.74) is 4.51. The van der Waals surface area contributed by atoms with Crippen LogP contribution in [-0.4, -0.2) is 30.1 Å². The summed E-state index contributed by atoms with van der Waals surface area (Å²) in [5, 5.41) is 10.6. The Morgan fingerprint density at radius 2 is 1.74 bits per heavy atom. The summed E-state index contributed by atoms with van der Waals surface area (Å²) in [5.74, 6) is 0.765. The fourth-order valence-corrected chi connectivity index (χ4v) is 4.45. The van der Waals surface area contributed by atoms with E-state index in [0.29, 0.717) is 28.7 Å². The molecule has 3 amide bonds. The number of anilines is 3. The Hall–Kier alpha value is -4.59. The van der Waals surface area contributed by atoms with Crippen LogP contribution in [0.25, 0.3) is 21.9 Å². The standard InChI is InChI=1S/C30H30N4O4/c1-17-27(35)32-25-14-18(16-31-28(25)38-17)20-11-12-23(22-9-7-6-8-21(20)22)33-29(36)34-24-15-19(30(2,3)4)10-13-26(24)37-5/h6-17H,1-5H3,(H,32,35)(H2,33,34,36). The maximum absolute atomic E-state index is 13.1. The number of benzene rings is 3. The van der Waals surface area contributed by atoms with Crippen LogP contribution in [0.2, 0.25) is 0 Å². The molecule has 8 nitrogen and oxygen atoms in total. The molecule has 0 spiro atoms. The van der Waals surface area contributed by atoms with E-state index in [2.05, 4.69) is 41.7 Å². The minimum absolute atomic E-state index is 0.0794. The number of ether oxygens (including phenoxy) is 2. The third-order valence-corrected chi connectivity index (χ3v) is 6.56. The molecule has 1 atom stereocenters. The molecule has 1 aliphatic rings. The molecule has 4 aromatic rings. The van der Waals surface area contributed by atoms with Gasteiger partial charge in [-0.3, -0.25) is 4.79 Å². The van der Waals surface area contributed by atoms with Crippen molar-refractivity contribution in [2.45, 2.75) is 39.2 Å². The van der Waals surface area contributed by atoms with Crippen LogP contribution >= 0.6 is 0 Å². The van der Waals surface area contributed by atoms with Crippen LogP contribution < -0.4 is 25.4 Å². The minimum Gasteiger partial charge on any atom is -0.495 e. The molecule has 0 radical (unpaired) electrons. The summed E-state index contributed by atoms with van der Waals surface area (Å²) in [4.78, 5) is 29.6. The Morgan fingerprint density at radius 3 is 2.47 bits per heavy atom. The number of rotatable bonds is 4. The van der Waals surface area contributed by atoms with Gasteiger partial charge in [0, 0.05) is 17.1 Å². The van der Waals surface area contributed by atoms with E-state index in [1.807, 2.05) is 60.7 Å². The molecule has 1 unspecified atom stereocenters. The van der Waals surface area contributed by atoms with E-state index in [1.54, 1.807) is 20.2 Å². The van der Waals surface area contributed by atoms with Crippen molar-refractivity contribution >= 4 is 39.8 Å². The lowest BCUT2D eigenvalue weighted by Crippen LogP contribution is -2.34. The molecule has 0 aliphatic carbocycles. The zero-order valence-corrected chi connectivity index (χ0v) is 22.0. The number of carbonyl (C=O) groups excluding carboxylic acids is 2. The summed E-state index contributed by atoms with van der Waals surface area (Å²) in [6.45, 7) is 8.03. The van der Waals surface area contributed by atoms with Crippen LogP contribution in [0.1, 0.15) is 33.3 Å². The van der Waals surface area contributed by atoms with Crippen molar-refractivity contribution in [1.29, 1.82) is 0 Å². The number of methoxy groups -OCH3 is 1. The number of pyridine rings is 1. The Morgan fingerprint density at radius 1 is 1.00 bits per heavy atom. The smallest absolute Gasteiger partial charge is 0.323 e. The summed E-state index contributed by atoms with van der Waals surface area (Å²) in [7, 11) is 1.58. The minimum atomic E-state index is -0.589. The molecule has 38 heavy (non-hydrogen) atoms. The van der Waals surface area contributed by atoms with Gasteiger partial charge in [0.05, 0.1) is 18.5 Å². The molecule has 194 valence electrons. The lowest BCUT2D eigenvalue weighted by atomic mass is 9.87. The van der Waals surface area contributed by atoms with Crippen molar-refractivity contribution < 1.29 is 19.1 Å². The zero-order valence-electron chi connectivity index (χ0n) is 22.0. The molecule has 0 saturated carbocycles. The molecule has 1 aromatic heterocycles. The van der Waals surface area contributed by atoms with Crippen molar-refractivity contribution in [2.24, 2.45) is 0 Å². The van der Waals surface area contributed by atoms with Crippen LogP contribution in [-0.2, 0) is 10.2 Å². The SMILES string of the molecule is COc1ccc(C(C)(C)C)cc1NC(=O)Nc1ccc(-c2cnc3c(c2)NC(=O)C(C)O3)c2ccccc12. The van der Waals surface area contributed by atoms with E-state index in [1.165, 1.54) is 0 Å². The van der Waals surface area contributed by atoms with E-state index in [9.17, 15) is 9.59 Å². The Bertz CT molecular complexity index is 1560. The Kier molecular flexibility index (Phi) is 6.40. The van der Waals surface area contributed by atoms with E-state index in [4.69, 9.17) is 9.47 Å². The first-order valence-electron chi connectivity index (χ1n) is 12.4. The van der Waals surface area contributed by atoms with Gasteiger partial charge in [0.15, 0.2) is 6.10 Å². The highest BCUT2D eigenvalue weighted by Gasteiger charge is 2.25. The maximum atomic E-state index is 13.1. The third-order valence-electron chi connectivity index (χ3n) is 6.56. The molecule has 3 aromatic carbocycles. The fourth-order valence-electron chi connectivity index (χ4n) is 4.45. The number of carbonyl (C=O) groups is 2. The number of nitrogens with zero attached hydrogens (tertiary/aromatic N) is 1. The molecular formula is C30H30N4O4. The van der Waals surface area contributed by atoms with Crippen molar-refractivity contribution in [1.82, 2.24) is 4.98 Å². The lowest BCUT2D eigenvalue weighted by Gasteiger charge is -2.23. The second kappa shape index (κ2) is 9.70. The maximum Gasteiger partial charge on any atom is 0.323 e. The largest absolute Gasteiger partial charge is 0.495 e. The van der Waals surface area contributed by atoms with Gasteiger partial charge >= 0.3 is 6.03 Å². The van der Waals surface area contributed by atoms with Crippen molar-refractivity contribution in [3.05, 3.63) is 72.4 Å². The van der Waals surface area contributed by atoms with Crippen LogP contribution in [0.15, 0.2) is 66.9 Å². The van der Waals surface area contributed by atoms with Gasteiger partial charge in [-0.05, 0) is 53.1 Å². The second-order valence-corrected chi connectivity index (χ2v) is 10.3. The van der Waals surface area contributed by atoms with Gasteiger partial charge in [0.2, 0.25) is 5.88 Å². The van der Waals surface area contributed by atoms with E-state index in [0.717, 1.165) is 27.5 Å². The monoisotopic (exact) mass is 510 g/mol. The van der Waals surface area contributed by atoms with Crippen LogP contribution in [0.4, 0.5) is 21.9 Å². The molecule has 2 heterocycles. The van der Waals surface area contributed by atoms with Gasteiger partial charge in [-0.25, -0.2) is 9.78 Å². The van der Waals surface area contributed by atoms with Gasteiger partial charge in [0.25, 0.3) is 5.91 Å². The van der Waals surface area contributed by atoms with Crippen molar-refractivity contribution in [2.75, 3.05) is 23.1 Å². The number of amides is 3. The van der Waals surface area contributed by atoms with Gasteiger partial charge in [-0.2, -0.15) is 0 Å². The molecule has 1 aliphatic heterocycles. The summed E-state index contributed by atoms with van der Waals surface area (Å²) >= 11 is 0. The summed E-state index contributed by atoms with van der Waals surface area (Å²) in [6.07, 6.45) is 1.13. The number of hydrogen-bond acceptors (Lipinski definition) is 5. The fraction of sp³-hybridized carbons (Fsp3) is 0.233. The average Bonchev–Trinajstić information content (AvgIpc) is 2.89. The van der Waals surface area contributed by atoms with Crippen molar-refractivity contribution in [3.63, 3.8) is 0 Å². The molecule has 8 heteroatoms. The zero-order chi connectivity index (χ0) is 27.0. The predicted molar refractivity (Wildman–Crippen MR) is 150 cm³/mol. The van der Waals surface area contributed by atoms with E-state index >= 15 is 0 Å². The first-order chi connectivity index (χ1) is 18.1. The Balaban J connectivity index is 1.45.